The topological polar surface area (TPSA) is 83.6 Å². The predicted molar refractivity (Wildman–Crippen MR) is 55.3 cm³/mol. The molecule has 0 bridgehead atoms. The van der Waals surface area contributed by atoms with Crippen LogP contribution in [0.5, 0.6) is 0 Å². The van der Waals surface area contributed by atoms with Gasteiger partial charge in [0.25, 0.3) is 0 Å². The maximum atomic E-state index is 11.8. The Morgan fingerprint density at radius 2 is 2.20 bits per heavy atom. The summed E-state index contributed by atoms with van der Waals surface area (Å²) in [7, 11) is 0. The van der Waals surface area contributed by atoms with Crippen LogP contribution in [0, 0.1) is 0 Å². The van der Waals surface area contributed by atoms with Crippen molar-refractivity contribution in [1.29, 1.82) is 0 Å². The highest BCUT2D eigenvalue weighted by Gasteiger charge is 2.46. The molecular weight excluding hydrogens is 196 g/mol. The molecule has 0 aromatic heterocycles. The molecule has 1 saturated heterocycles. The van der Waals surface area contributed by atoms with Gasteiger partial charge >= 0.3 is 5.97 Å². The van der Waals surface area contributed by atoms with Crippen molar-refractivity contribution in [2.24, 2.45) is 5.73 Å². The van der Waals surface area contributed by atoms with E-state index < -0.39 is 17.6 Å². The van der Waals surface area contributed by atoms with Crippen molar-refractivity contribution in [3.8, 4) is 0 Å². The summed E-state index contributed by atoms with van der Waals surface area (Å²) in [4.78, 5) is 24.4. The second-order valence-corrected chi connectivity index (χ2v) is 4.19. The Hall–Kier alpha value is -1.10. The van der Waals surface area contributed by atoms with Crippen LogP contribution in [0.15, 0.2) is 0 Å². The summed E-state index contributed by atoms with van der Waals surface area (Å²) in [6.45, 7) is 3.90. The van der Waals surface area contributed by atoms with Crippen molar-refractivity contribution in [2.45, 2.75) is 44.7 Å². The monoisotopic (exact) mass is 214 g/mol. The van der Waals surface area contributed by atoms with Gasteiger partial charge in [-0.15, -0.1) is 0 Å². The first-order chi connectivity index (χ1) is 6.93. The van der Waals surface area contributed by atoms with Gasteiger partial charge in [0.05, 0.1) is 6.04 Å². The van der Waals surface area contributed by atoms with Gasteiger partial charge in [-0.05, 0) is 26.2 Å². The molecular formula is C10H18N2O3. The molecule has 1 aliphatic rings. The van der Waals surface area contributed by atoms with Gasteiger partial charge < -0.3 is 15.7 Å². The van der Waals surface area contributed by atoms with E-state index in [-0.39, 0.29) is 5.91 Å². The lowest BCUT2D eigenvalue weighted by atomic mass is 9.98. The molecule has 0 aromatic carbocycles. The van der Waals surface area contributed by atoms with Gasteiger partial charge in [-0.2, -0.15) is 0 Å². The molecule has 3 N–H and O–H groups in total. The van der Waals surface area contributed by atoms with E-state index >= 15 is 0 Å². The Balaban J connectivity index is 2.86. The van der Waals surface area contributed by atoms with Gasteiger partial charge in [-0.3, -0.25) is 4.79 Å². The largest absolute Gasteiger partial charge is 0.480 e. The summed E-state index contributed by atoms with van der Waals surface area (Å²) >= 11 is 0. The number of nitrogens with two attached hydrogens (primary N) is 1. The summed E-state index contributed by atoms with van der Waals surface area (Å²) in [5.74, 6) is -1.20. The molecule has 0 radical (unpaired) electrons. The number of likely N-dealkylation sites (tertiary alicyclic amines) is 1. The Kier molecular flexibility index (Phi) is 3.34. The van der Waals surface area contributed by atoms with Crippen LogP contribution >= 0.6 is 0 Å². The van der Waals surface area contributed by atoms with Crippen LogP contribution in [0.2, 0.25) is 0 Å². The molecule has 15 heavy (non-hydrogen) atoms. The maximum Gasteiger partial charge on any atom is 0.329 e. The van der Waals surface area contributed by atoms with E-state index in [1.807, 2.05) is 6.92 Å². The molecule has 5 nitrogen and oxygen atoms in total. The van der Waals surface area contributed by atoms with Crippen LogP contribution in [0.25, 0.3) is 0 Å². The van der Waals surface area contributed by atoms with E-state index in [1.165, 1.54) is 4.90 Å². The summed E-state index contributed by atoms with van der Waals surface area (Å²) in [6, 6.07) is -0.582. The number of aliphatic carboxylic acids is 1. The number of hydrogen-bond donors (Lipinski definition) is 2. The lowest BCUT2D eigenvalue weighted by Gasteiger charge is -2.32. The molecule has 0 aromatic rings. The first-order valence-electron chi connectivity index (χ1n) is 5.24. The molecule has 2 atom stereocenters. The van der Waals surface area contributed by atoms with Crippen LogP contribution in [0.3, 0.4) is 0 Å². The predicted octanol–water partition coefficient (Wildman–Crippen LogP) is 0.189. The van der Waals surface area contributed by atoms with Crippen molar-refractivity contribution in [2.75, 3.05) is 6.54 Å². The smallest absolute Gasteiger partial charge is 0.329 e. The fraction of sp³-hybridized carbons (Fsp3) is 0.800. The molecule has 1 rings (SSSR count). The SMILES string of the molecule is CC[C@H](N)C(=O)N1CCCC1(C)C(=O)O. The van der Waals surface area contributed by atoms with Crippen molar-refractivity contribution in [1.82, 2.24) is 4.90 Å². The average molecular weight is 214 g/mol. The highest BCUT2D eigenvalue weighted by atomic mass is 16.4. The third-order valence-corrected chi connectivity index (χ3v) is 3.12. The Bertz CT molecular complexity index is 280. The molecule has 0 aliphatic carbocycles. The van der Waals surface area contributed by atoms with Gasteiger partial charge in [-0.1, -0.05) is 6.92 Å². The van der Waals surface area contributed by atoms with E-state index in [1.54, 1.807) is 6.92 Å². The van der Waals surface area contributed by atoms with Gasteiger partial charge in [0, 0.05) is 6.54 Å². The van der Waals surface area contributed by atoms with Crippen LogP contribution in [-0.4, -0.2) is 40.0 Å². The average Bonchev–Trinajstić information content (AvgIpc) is 2.59. The maximum absolute atomic E-state index is 11.8. The highest BCUT2D eigenvalue weighted by Crippen LogP contribution is 2.29. The van der Waals surface area contributed by atoms with Crippen LogP contribution in [-0.2, 0) is 9.59 Å². The number of hydrogen-bond acceptors (Lipinski definition) is 3. The molecule has 86 valence electrons. The lowest BCUT2D eigenvalue weighted by molar-refractivity contribution is -0.155. The molecule has 0 spiro atoms. The minimum atomic E-state index is -1.07. The number of nitrogens with zero attached hydrogens (tertiary/aromatic N) is 1. The normalized spacial score (nSPS) is 27.8. The Labute approximate surface area is 89.2 Å². The number of carbonyl (C=O) groups excluding carboxylic acids is 1. The first-order valence-corrected chi connectivity index (χ1v) is 5.24. The second kappa shape index (κ2) is 4.18. The molecule has 1 amide bonds. The summed E-state index contributed by atoms with van der Waals surface area (Å²) in [5.41, 5.74) is 4.57. The van der Waals surface area contributed by atoms with Gasteiger partial charge in [-0.25, -0.2) is 4.79 Å². The third kappa shape index (κ3) is 1.97. The van der Waals surface area contributed by atoms with E-state index in [0.29, 0.717) is 19.4 Å². The standard InChI is InChI=1S/C10H18N2O3/c1-3-7(11)8(13)12-6-4-5-10(12,2)9(14)15/h7H,3-6,11H2,1-2H3,(H,14,15)/t7-,10?/m0/s1. The zero-order valence-corrected chi connectivity index (χ0v) is 9.19. The lowest BCUT2D eigenvalue weighted by Crippen LogP contribution is -2.55. The summed E-state index contributed by atoms with van der Waals surface area (Å²) < 4.78 is 0. The summed E-state index contributed by atoms with van der Waals surface area (Å²) in [6.07, 6.45) is 1.76. The zero-order valence-electron chi connectivity index (χ0n) is 9.19. The van der Waals surface area contributed by atoms with Crippen molar-refractivity contribution >= 4 is 11.9 Å². The first kappa shape index (κ1) is 12.0. The van der Waals surface area contributed by atoms with Gasteiger partial charge in [0.1, 0.15) is 5.54 Å². The number of amides is 1. The summed E-state index contributed by atoms with van der Waals surface area (Å²) in [5, 5.41) is 9.11. The quantitative estimate of drug-likeness (QED) is 0.702. The van der Waals surface area contributed by atoms with E-state index in [4.69, 9.17) is 10.8 Å². The zero-order chi connectivity index (χ0) is 11.6. The van der Waals surface area contributed by atoms with E-state index in [0.717, 1.165) is 6.42 Å². The van der Waals surface area contributed by atoms with Crippen LogP contribution in [0.4, 0.5) is 0 Å². The number of carbonyl (C=O) groups is 2. The van der Waals surface area contributed by atoms with Crippen LogP contribution in [0.1, 0.15) is 33.1 Å². The molecule has 1 fully saturated rings. The van der Waals surface area contributed by atoms with Crippen molar-refractivity contribution < 1.29 is 14.7 Å². The molecule has 0 saturated carbocycles. The van der Waals surface area contributed by atoms with Crippen molar-refractivity contribution in [3.63, 3.8) is 0 Å². The number of carboxylic acid groups (broad SMARTS) is 1. The van der Waals surface area contributed by atoms with Crippen LogP contribution < -0.4 is 5.73 Å². The third-order valence-electron chi connectivity index (χ3n) is 3.12. The minimum absolute atomic E-state index is 0.250. The number of rotatable bonds is 3. The molecule has 1 aliphatic heterocycles. The van der Waals surface area contributed by atoms with E-state index in [9.17, 15) is 9.59 Å². The second-order valence-electron chi connectivity index (χ2n) is 4.19. The van der Waals surface area contributed by atoms with E-state index in [2.05, 4.69) is 0 Å². The minimum Gasteiger partial charge on any atom is -0.480 e. The highest BCUT2D eigenvalue weighted by molar-refractivity contribution is 5.89. The fourth-order valence-corrected chi connectivity index (χ4v) is 1.91. The Morgan fingerprint density at radius 3 is 2.67 bits per heavy atom. The number of carboxylic acids is 1. The Morgan fingerprint density at radius 1 is 1.60 bits per heavy atom. The molecule has 1 heterocycles. The molecule has 1 unspecified atom stereocenters. The van der Waals surface area contributed by atoms with Gasteiger partial charge in [0.2, 0.25) is 5.91 Å². The fourth-order valence-electron chi connectivity index (χ4n) is 1.91. The van der Waals surface area contributed by atoms with Gasteiger partial charge in [0.15, 0.2) is 0 Å². The van der Waals surface area contributed by atoms with Crippen molar-refractivity contribution in [3.05, 3.63) is 0 Å². The molecule has 5 heteroatoms.